The predicted octanol–water partition coefficient (Wildman–Crippen LogP) is 0.583. The lowest BCUT2D eigenvalue weighted by Gasteiger charge is -1.99. The average Bonchev–Trinajstić information content (AvgIpc) is 3.24. The summed E-state index contributed by atoms with van der Waals surface area (Å²) in [5, 5.41) is 27.6. The highest BCUT2D eigenvalue weighted by Gasteiger charge is 2.16. The van der Waals surface area contributed by atoms with Crippen molar-refractivity contribution in [2.24, 2.45) is 14.1 Å². The normalized spacial score (nSPS) is 11.1. The molecule has 0 fully saturated rings. The second-order valence-electron chi connectivity index (χ2n) is 5.08. The Bertz CT molecular complexity index is 852. The fraction of sp³-hybridized carbons (Fsp3) is 0.417. The Hall–Kier alpha value is -2.76. The molecule has 0 aliphatic rings. The monoisotopic (exact) mass is 349 g/mol. The van der Waals surface area contributed by atoms with Crippen LogP contribution >= 0.6 is 11.8 Å². The van der Waals surface area contributed by atoms with Crippen LogP contribution in [0.5, 0.6) is 0 Å². The number of thioether (sulfide) groups is 1. The molecule has 0 spiro atoms. The van der Waals surface area contributed by atoms with E-state index in [1.54, 1.807) is 18.1 Å². The number of aryl methyl sites for hydroxylation is 3. The largest absolute Gasteiger partial charge is 0.358 e. The van der Waals surface area contributed by atoms with Crippen molar-refractivity contribution < 1.29 is 4.92 Å². The van der Waals surface area contributed by atoms with Gasteiger partial charge in [0.2, 0.25) is 0 Å². The molecule has 3 aromatic rings. The molecule has 3 rings (SSSR count). The number of imidazole rings is 1. The SMILES string of the molecule is Cn1cnnc1SCc1cn(CCc2ncc([N+](=O)[O-])n2C)nn1. The van der Waals surface area contributed by atoms with Gasteiger partial charge in [-0.1, -0.05) is 17.0 Å². The number of nitro groups is 1. The Labute approximate surface area is 140 Å². The van der Waals surface area contributed by atoms with Crippen molar-refractivity contribution in [2.75, 3.05) is 0 Å². The van der Waals surface area contributed by atoms with E-state index in [0.29, 0.717) is 24.5 Å². The minimum Gasteiger partial charge on any atom is -0.358 e. The highest BCUT2D eigenvalue weighted by Crippen LogP contribution is 2.18. The molecule has 0 aromatic carbocycles. The Morgan fingerprint density at radius 1 is 1.33 bits per heavy atom. The van der Waals surface area contributed by atoms with Crippen LogP contribution in [0.15, 0.2) is 23.9 Å². The van der Waals surface area contributed by atoms with Gasteiger partial charge in [0.1, 0.15) is 12.5 Å². The van der Waals surface area contributed by atoms with Gasteiger partial charge in [-0.05, 0) is 4.92 Å². The Morgan fingerprint density at radius 2 is 2.17 bits per heavy atom. The molecular weight excluding hydrogens is 334 g/mol. The third-order valence-corrected chi connectivity index (χ3v) is 4.48. The van der Waals surface area contributed by atoms with E-state index < -0.39 is 4.92 Å². The van der Waals surface area contributed by atoms with Gasteiger partial charge in [0.15, 0.2) is 11.0 Å². The lowest BCUT2D eigenvalue weighted by molar-refractivity contribution is -0.391. The summed E-state index contributed by atoms with van der Waals surface area (Å²) in [5.74, 6) is 1.25. The highest BCUT2D eigenvalue weighted by atomic mass is 32.2. The first kappa shape index (κ1) is 16.1. The molecule has 0 atom stereocenters. The van der Waals surface area contributed by atoms with E-state index in [4.69, 9.17) is 0 Å². The lowest BCUT2D eigenvalue weighted by Crippen LogP contribution is -2.07. The van der Waals surface area contributed by atoms with Crippen LogP contribution < -0.4 is 0 Å². The number of hydrogen-bond acceptors (Lipinski definition) is 8. The summed E-state index contributed by atoms with van der Waals surface area (Å²) in [6, 6.07) is 0. The molecule has 24 heavy (non-hydrogen) atoms. The van der Waals surface area contributed by atoms with Crippen LogP contribution in [0.4, 0.5) is 5.82 Å². The molecule has 12 heteroatoms. The molecule has 3 heterocycles. The quantitative estimate of drug-likeness (QED) is 0.345. The van der Waals surface area contributed by atoms with Gasteiger partial charge >= 0.3 is 5.82 Å². The highest BCUT2D eigenvalue weighted by molar-refractivity contribution is 7.98. The summed E-state index contributed by atoms with van der Waals surface area (Å²) < 4.78 is 5.01. The molecule has 3 aromatic heterocycles. The Kier molecular flexibility index (Phi) is 4.55. The topological polar surface area (TPSA) is 122 Å². The van der Waals surface area contributed by atoms with Gasteiger partial charge in [0.25, 0.3) is 0 Å². The van der Waals surface area contributed by atoms with E-state index in [9.17, 15) is 10.1 Å². The van der Waals surface area contributed by atoms with Gasteiger partial charge in [-0.15, -0.1) is 15.3 Å². The van der Waals surface area contributed by atoms with Gasteiger partial charge in [-0.3, -0.25) is 4.68 Å². The molecule has 0 saturated heterocycles. The summed E-state index contributed by atoms with van der Waals surface area (Å²) in [4.78, 5) is 14.4. The summed E-state index contributed by atoms with van der Waals surface area (Å²) >= 11 is 1.53. The van der Waals surface area contributed by atoms with Crippen LogP contribution in [-0.4, -0.2) is 44.2 Å². The fourth-order valence-corrected chi connectivity index (χ4v) is 2.87. The van der Waals surface area contributed by atoms with E-state index in [-0.39, 0.29) is 5.82 Å². The fourth-order valence-electron chi connectivity index (χ4n) is 2.11. The Morgan fingerprint density at radius 3 is 2.83 bits per heavy atom. The summed E-state index contributed by atoms with van der Waals surface area (Å²) in [6.07, 6.45) is 5.29. The van der Waals surface area contributed by atoms with Crippen molar-refractivity contribution in [3.8, 4) is 0 Å². The number of nitrogens with zero attached hydrogens (tertiary/aromatic N) is 9. The molecule has 0 radical (unpaired) electrons. The van der Waals surface area contributed by atoms with E-state index in [0.717, 1.165) is 10.9 Å². The average molecular weight is 349 g/mol. The van der Waals surface area contributed by atoms with Crippen LogP contribution in [0, 0.1) is 10.1 Å². The van der Waals surface area contributed by atoms with Gasteiger partial charge in [-0.25, -0.2) is 9.55 Å². The number of hydrogen-bond donors (Lipinski definition) is 0. The third-order valence-electron chi connectivity index (χ3n) is 3.42. The van der Waals surface area contributed by atoms with Crippen LogP contribution in [0.2, 0.25) is 0 Å². The van der Waals surface area contributed by atoms with Crippen LogP contribution in [0.25, 0.3) is 0 Å². The molecule has 0 aliphatic carbocycles. The van der Waals surface area contributed by atoms with E-state index in [1.165, 1.54) is 22.5 Å². The first-order valence-electron chi connectivity index (χ1n) is 7.05. The summed E-state index contributed by atoms with van der Waals surface area (Å²) in [5.41, 5.74) is 0.828. The smallest absolute Gasteiger partial charge is 0.342 e. The molecule has 0 unspecified atom stereocenters. The molecule has 11 nitrogen and oxygen atoms in total. The maximum absolute atomic E-state index is 10.8. The van der Waals surface area contributed by atoms with E-state index >= 15 is 0 Å². The van der Waals surface area contributed by atoms with Gasteiger partial charge in [0, 0.05) is 25.4 Å². The molecule has 0 bridgehead atoms. The van der Waals surface area contributed by atoms with Gasteiger partial charge in [-0.2, -0.15) is 0 Å². The predicted molar refractivity (Wildman–Crippen MR) is 84.2 cm³/mol. The van der Waals surface area contributed by atoms with Crippen molar-refractivity contribution in [3.05, 3.63) is 40.4 Å². The van der Waals surface area contributed by atoms with Crippen LogP contribution in [0.3, 0.4) is 0 Å². The first-order chi connectivity index (χ1) is 11.5. The second-order valence-corrected chi connectivity index (χ2v) is 6.03. The van der Waals surface area contributed by atoms with Gasteiger partial charge < -0.3 is 14.7 Å². The van der Waals surface area contributed by atoms with E-state index in [1.807, 2.05) is 17.8 Å². The Balaban J connectivity index is 1.56. The van der Waals surface area contributed by atoms with Crippen LogP contribution in [0.1, 0.15) is 11.5 Å². The van der Waals surface area contributed by atoms with E-state index in [2.05, 4.69) is 25.5 Å². The van der Waals surface area contributed by atoms with Crippen LogP contribution in [-0.2, 0) is 32.8 Å². The maximum Gasteiger partial charge on any atom is 0.342 e. The van der Waals surface area contributed by atoms with Crippen molar-refractivity contribution in [2.45, 2.75) is 23.9 Å². The summed E-state index contributed by atoms with van der Waals surface area (Å²) in [7, 11) is 3.51. The third kappa shape index (κ3) is 3.42. The summed E-state index contributed by atoms with van der Waals surface area (Å²) in [6.45, 7) is 0.545. The minimum absolute atomic E-state index is 0.0237. The first-order valence-corrected chi connectivity index (χ1v) is 8.04. The zero-order valence-corrected chi connectivity index (χ0v) is 13.9. The molecule has 0 aliphatic heterocycles. The number of aromatic nitrogens is 8. The van der Waals surface area contributed by atoms with Crippen molar-refractivity contribution in [1.29, 1.82) is 0 Å². The van der Waals surface area contributed by atoms with Crippen molar-refractivity contribution in [1.82, 2.24) is 39.3 Å². The lowest BCUT2D eigenvalue weighted by atomic mass is 10.4. The zero-order chi connectivity index (χ0) is 17.1. The number of rotatable bonds is 7. The zero-order valence-electron chi connectivity index (χ0n) is 13.1. The molecule has 0 N–H and O–H groups in total. The molecule has 0 amide bonds. The second kappa shape index (κ2) is 6.78. The minimum atomic E-state index is -0.451. The standard InChI is InChI=1S/C12H15N9O2S/c1-18-8-14-16-12(18)24-7-9-6-20(17-15-9)4-3-10-13-5-11(19(10)2)21(22)23/h5-6,8H,3-4,7H2,1-2H3. The maximum atomic E-state index is 10.8. The van der Waals surface area contributed by atoms with Crippen molar-refractivity contribution >= 4 is 17.6 Å². The molecule has 0 saturated carbocycles. The van der Waals surface area contributed by atoms with Crippen molar-refractivity contribution in [3.63, 3.8) is 0 Å². The molecule has 126 valence electrons. The van der Waals surface area contributed by atoms with Gasteiger partial charge in [0.05, 0.1) is 19.3 Å². The molecular formula is C12H15N9O2S.